The number of nitrogens with one attached hydrogen (secondary N) is 1. The Hall–Kier alpha value is -3.79. The van der Waals surface area contributed by atoms with Gasteiger partial charge >= 0.3 is 12.1 Å². The molecule has 0 aromatic heterocycles. The Kier molecular flexibility index (Phi) is 7.73. The molecule has 2 unspecified atom stereocenters. The monoisotopic (exact) mass is 448 g/mol. The van der Waals surface area contributed by atoms with Crippen molar-refractivity contribution in [3.8, 4) is 23.5 Å². The minimum atomic E-state index is -1.00. The summed E-state index contributed by atoms with van der Waals surface area (Å²) in [7, 11) is 0. The lowest BCUT2D eigenvalue weighted by Gasteiger charge is -2.27. The van der Waals surface area contributed by atoms with E-state index in [0.29, 0.717) is 6.54 Å². The van der Waals surface area contributed by atoms with Crippen LogP contribution in [0.2, 0.25) is 0 Å². The first-order valence-corrected chi connectivity index (χ1v) is 10.9. The minimum Gasteiger partial charge on any atom is -0.481 e. The average molecular weight is 449 g/mol. The third-order valence-corrected chi connectivity index (χ3v) is 5.87. The number of carbonyl (C=O) groups is 3. The number of aliphatic carboxylic acids is 1. The van der Waals surface area contributed by atoms with Gasteiger partial charge in [-0.05, 0) is 29.2 Å². The Morgan fingerprint density at radius 2 is 1.70 bits per heavy atom. The predicted octanol–water partition coefficient (Wildman–Crippen LogP) is 3.49. The molecular weight excluding hydrogens is 420 g/mol. The van der Waals surface area contributed by atoms with Crippen LogP contribution in [0.4, 0.5) is 4.79 Å². The van der Waals surface area contributed by atoms with Gasteiger partial charge in [-0.3, -0.25) is 9.59 Å². The van der Waals surface area contributed by atoms with E-state index in [1.54, 1.807) is 6.92 Å². The molecule has 0 saturated carbocycles. The van der Waals surface area contributed by atoms with E-state index in [1.807, 2.05) is 48.5 Å². The van der Waals surface area contributed by atoms with Crippen LogP contribution in [0.1, 0.15) is 37.3 Å². The first-order chi connectivity index (χ1) is 15.9. The Labute approximate surface area is 193 Å². The lowest BCUT2D eigenvalue weighted by atomic mass is 9.98. The quantitative estimate of drug-likeness (QED) is 0.573. The standard InChI is InChI=1S/C26H28N2O5/c1-4-10-23(24(29)28(5-2)15-17(3)25(30)31)27-26(32)33-16-22-20-13-8-6-11-18(20)19-12-7-9-14-21(19)22/h1,6-9,11-14,17,22-23H,5,10,15-16H2,2-3H3,(H,27,32)(H,30,31). The lowest BCUT2D eigenvalue weighted by molar-refractivity contribution is -0.143. The number of likely N-dealkylation sites (N-methyl/N-ethyl adjacent to an activating group) is 1. The molecule has 2 aromatic carbocycles. The molecule has 0 fully saturated rings. The number of carbonyl (C=O) groups excluding carboxylic acids is 2. The third kappa shape index (κ3) is 5.35. The van der Waals surface area contributed by atoms with Gasteiger partial charge in [-0.15, -0.1) is 12.3 Å². The second-order valence-electron chi connectivity index (χ2n) is 8.05. The number of carboxylic acid groups (broad SMARTS) is 1. The number of terminal acetylenes is 1. The summed E-state index contributed by atoms with van der Waals surface area (Å²) >= 11 is 0. The molecular formula is C26H28N2O5. The molecule has 7 nitrogen and oxygen atoms in total. The maximum absolute atomic E-state index is 12.9. The maximum Gasteiger partial charge on any atom is 0.407 e. The highest BCUT2D eigenvalue weighted by Gasteiger charge is 2.31. The molecule has 7 heteroatoms. The van der Waals surface area contributed by atoms with Crippen molar-refractivity contribution in [3.05, 3.63) is 59.7 Å². The number of benzene rings is 2. The van der Waals surface area contributed by atoms with Crippen molar-refractivity contribution in [2.24, 2.45) is 5.92 Å². The van der Waals surface area contributed by atoms with Crippen molar-refractivity contribution < 1.29 is 24.2 Å². The summed E-state index contributed by atoms with van der Waals surface area (Å²) < 4.78 is 5.52. The molecule has 1 aliphatic carbocycles. The summed E-state index contributed by atoms with van der Waals surface area (Å²) in [5.74, 6) is 0.120. The summed E-state index contributed by atoms with van der Waals surface area (Å²) in [4.78, 5) is 38.1. The summed E-state index contributed by atoms with van der Waals surface area (Å²) in [6, 6.07) is 15.0. The number of rotatable bonds is 9. The van der Waals surface area contributed by atoms with E-state index >= 15 is 0 Å². The lowest BCUT2D eigenvalue weighted by Crippen LogP contribution is -2.50. The molecule has 0 saturated heterocycles. The summed E-state index contributed by atoms with van der Waals surface area (Å²) in [5, 5.41) is 11.7. The van der Waals surface area contributed by atoms with E-state index in [9.17, 15) is 14.4 Å². The van der Waals surface area contributed by atoms with E-state index in [0.717, 1.165) is 22.3 Å². The molecule has 2 N–H and O–H groups in total. The van der Waals surface area contributed by atoms with Gasteiger partial charge in [0.05, 0.1) is 5.92 Å². The number of amides is 2. The van der Waals surface area contributed by atoms with Crippen LogP contribution >= 0.6 is 0 Å². The zero-order chi connectivity index (χ0) is 24.0. The molecule has 1 aliphatic rings. The fourth-order valence-electron chi connectivity index (χ4n) is 4.10. The van der Waals surface area contributed by atoms with E-state index < -0.39 is 29.9 Å². The largest absolute Gasteiger partial charge is 0.481 e. The first-order valence-electron chi connectivity index (χ1n) is 10.9. The topological polar surface area (TPSA) is 95.9 Å². The fraction of sp³-hybridized carbons (Fsp3) is 0.346. The van der Waals surface area contributed by atoms with Gasteiger partial charge in [0.1, 0.15) is 12.6 Å². The highest BCUT2D eigenvalue weighted by atomic mass is 16.5. The van der Waals surface area contributed by atoms with Gasteiger partial charge in [0, 0.05) is 25.4 Å². The Balaban J connectivity index is 1.67. The van der Waals surface area contributed by atoms with Gasteiger partial charge < -0.3 is 20.1 Å². The van der Waals surface area contributed by atoms with Crippen molar-refractivity contribution in [1.82, 2.24) is 10.2 Å². The van der Waals surface area contributed by atoms with Crippen molar-refractivity contribution in [2.75, 3.05) is 19.7 Å². The van der Waals surface area contributed by atoms with Crippen LogP contribution in [0.3, 0.4) is 0 Å². The number of fused-ring (bicyclic) bond motifs is 3. The van der Waals surface area contributed by atoms with Crippen LogP contribution in [0.15, 0.2) is 48.5 Å². The molecule has 2 aromatic rings. The molecule has 172 valence electrons. The summed E-state index contributed by atoms with van der Waals surface area (Å²) in [6.45, 7) is 3.70. The highest BCUT2D eigenvalue weighted by Crippen LogP contribution is 2.44. The number of ether oxygens (including phenoxy) is 1. The number of nitrogens with zero attached hydrogens (tertiary/aromatic N) is 1. The second-order valence-corrected chi connectivity index (χ2v) is 8.05. The zero-order valence-corrected chi connectivity index (χ0v) is 18.8. The number of alkyl carbamates (subject to hydrolysis) is 1. The van der Waals surface area contributed by atoms with Crippen LogP contribution in [-0.2, 0) is 14.3 Å². The van der Waals surface area contributed by atoms with Crippen LogP contribution in [-0.4, -0.2) is 53.7 Å². The van der Waals surface area contributed by atoms with Gasteiger partial charge in [-0.1, -0.05) is 55.5 Å². The van der Waals surface area contributed by atoms with Crippen LogP contribution < -0.4 is 5.32 Å². The predicted molar refractivity (Wildman–Crippen MR) is 124 cm³/mol. The maximum atomic E-state index is 12.9. The number of hydrogen-bond donors (Lipinski definition) is 2. The highest BCUT2D eigenvalue weighted by molar-refractivity contribution is 5.86. The molecule has 0 radical (unpaired) electrons. The van der Waals surface area contributed by atoms with E-state index in [-0.39, 0.29) is 25.5 Å². The minimum absolute atomic E-state index is 0.0259. The third-order valence-electron chi connectivity index (χ3n) is 5.87. The molecule has 2 atom stereocenters. The Morgan fingerprint density at radius 1 is 1.12 bits per heavy atom. The van der Waals surface area contributed by atoms with Crippen molar-refractivity contribution in [1.29, 1.82) is 0 Å². The normalized spacial score (nSPS) is 13.7. The van der Waals surface area contributed by atoms with Crippen LogP contribution in [0.25, 0.3) is 11.1 Å². The zero-order valence-electron chi connectivity index (χ0n) is 18.8. The molecule has 0 aliphatic heterocycles. The smallest absolute Gasteiger partial charge is 0.407 e. The molecule has 2 amide bonds. The number of hydrogen-bond acceptors (Lipinski definition) is 4. The molecule has 0 spiro atoms. The van der Waals surface area contributed by atoms with Gasteiger partial charge in [-0.2, -0.15) is 0 Å². The van der Waals surface area contributed by atoms with E-state index in [2.05, 4.69) is 11.2 Å². The average Bonchev–Trinajstić information content (AvgIpc) is 3.14. The Morgan fingerprint density at radius 3 is 2.21 bits per heavy atom. The molecule has 3 rings (SSSR count). The molecule has 33 heavy (non-hydrogen) atoms. The summed E-state index contributed by atoms with van der Waals surface area (Å²) in [6.07, 6.45) is 4.64. The van der Waals surface area contributed by atoms with Crippen molar-refractivity contribution in [3.63, 3.8) is 0 Å². The Bertz CT molecular complexity index is 1030. The van der Waals surface area contributed by atoms with Gasteiger partial charge in [-0.25, -0.2) is 4.79 Å². The van der Waals surface area contributed by atoms with Crippen LogP contribution in [0.5, 0.6) is 0 Å². The fourth-order valence-corrected chi connectivity index (χ4v) is 4.10. The first kappa shape index (κ1) is 23.9. The second kappa shape index (κ2) is 10.7. The SMILES string of the molecule is C#CCC(NC(=O)OCC1c2ccccc2-c2ccccc21)C(=O)N(CC)CC(C)C(=O)O. The van der Waals surface area contributed by atoms with Gasteiger partial charge in [0.25, 0.3) is 0 Å². The van der Waals surface area contributed by atoms with Crippen LogP contribution in [0, 0.1) is 18.3 Å². The van der Waals surface area contributed by atoms with Gasteiger partial charge in [0.2, 0.25) is 5.91 Å². The molecule has 0 heterocycles. The van der Waals surface area contributed by atoms with Crippen molar-refractivity contribution >= 4 is 18.0 Å². The van der Waals surface area contributed by atoms with E-state index in [1.165, 1.54) is 11.8 Å². The van der Waals surface area contributed by atoms with E-state index in [4.69, 9.17) is 16.3 Å². The summed E-state index contributed by atoms with van der Waals surface area (Å²) in [5.41, 5.74) is 4.41. The van der Waals surface area contributed by atoms with Crippen molar-refractivity contribution in [2.45, 2.75) is 32.2 Å². The number of carboxylic acids is 1. The van der Waals surface area contributed by atoms with Gasteiger partial charge in [0.15, 0.2) is 0 Å². The molecule has 0 bridgehead atoms.